The molecule has 0 fully saturated rings. The Kier molecular flexibility index (Phi) is 5.64. The number of hydrogen-bond donors (Lipinski definition) is 1. The average Bonchev–Trinajstić information content (AvgIpc) is 2.63. The molecule has 0 saturated heterocycles. The first-order valence-corrected chi connectivity index (χ1v) is 10.9. The average molecular weight is 381 g/mol. The van der Waals surface area contributed by atoms with E-state index in [1.54, 1.807) is 38.1 Å². The van der Waals surface area contributed by atoms with Gasteiger partial charge >= 0.3 is 0 Å². The molecule has 0 saturated carbocycles. The second kappa shape index (κ2) is 7.37. The van der Waals surface area contributed by atoms with Gasteiger partial charge in [-0.1, -0.05) is 43.3 Å². The van der Waals surface area contributed by atoms with E-state index in [0.717, 1.165) is 0 Å². The first-order chi connectivity index (χ1) is 11.7. The summed E-state index contributed by atoms with van der Waals surface area (Å²) in [7, 11) is -6.61. The van der Waals surface area contributed by atoms with Crippen molar-refractivity contribution in [2.24, 2.45) is 5.16 Å². The van der Waals surface area contributed by atoms with Gasteiger partial charge in [-0.15, -0.1) is 0 Å². The van der Waals surface area contributed by atoms with E-state index >= 15 is 0 Å². The molecule has 0 amide bonds. The molecule has 134 valence electrons. The van der Waals surface area contributed by atoms with E-state index in [1.807, 2.05) is 0 Å². The van der Waals surface area contributed by atoms with Crippen molar-refractivity contribution < 1.29 is 22.0 Å². The van der Waals surface area contributed by atoms with Crippen molar-refractivity contribution in [3.05, 3.63) is 59.7 Å². The lowest BCUT2D eigenvalue weighted by atomic mass is 10.0. The molecule has 1 N–H and O–H groups in total. The number of hydrogen-bond acceptors (Lipinski definition) is 6. The Hall–Kier alpha value is -2.19. The van der Waals surface area contributed by atoms with Gasteiger partial charge in [0.25, 0.3) is 0 Å². The van der Waals surface area contributed by atoms with Gasteiger partial charge in [0.05, 0.1) is 21.3 Å². The zero-order chi connectivity index (χ0) is 18.7. The predicted octanol–water partition coefficient (Wildman–Crippen LogP) is 2.50. The molecule has 0 aliphatic rings. The van der Waals surface area contributed by atoms with Crippen LogP contribution in [0.5, 0.6) is 0 Å². The lowest BCUT2D eigenvalue weighted by molar-refractivity contribution is 0.319. The molecule has 0 unspecified atom stereocenters. The molecule has 25 heavy (non-hydrogen) atoms. The minimum Gasteiger partial charge on any atom is -0.410 e. The molecule has 0 heterocycles. The third-order valence-corrected chi connectivity index (χ3v) is 7.33. The van der Waals surface area contributed by atoms with Gasteiger partial charge in [-0.3, -0.25) is 0 Å². The Morgan fingerprint density at radius 3 is 1.32 bits per heavy atom. The number of nitrogens with zero attached hydrogens (tertiary/aromatic N) is 1. The highest BCUT2D eigenvalue weighted by Gasteiger charge is 2.15. The second-order valence-corrected chi connectivity index (χ2v) is 9.86. The molecule has 0 aromatic heterocycles. The van der Waals surface area contributed by atoms with Crippen molar-refractivity contribution >= 4 is 25.4 Å². The third kappa shape index (κ3) is 4.08. The van der Waals surface area contributed by atoms with Crippen LogP contribution in [-0.2, 0) is 19.7 Å². The van der Waals surface area contributed by atoms with Crippen LogP contribution in [0.1, 0.15) is 25.0 Å². The van der Waals surface area contributed by atoms with Crippen LogP contribution in [-0.4, -0.2) is 39.3 Å². The summed E-state index contributed by atoms with van der Waals surface area (Å²) in [6.45, 7) is 3.13. The normalized spacial score (nSPS) is 11.9. The van der Waals surface area contributed by atoms with Gasteiger partial charge in [0.15, 0.2) is 19.7 Å². The van der Waals surface area contributed by atoms with Gasteiger partial charge in [0.2, 0.25) is 0 Å². The lowest BCUT2D eigenvalue weighted by Crippen LogP contribution is -2.08. The minimum absolute atomic E-state index is 0.000652. The van der Waals surface area contributed by atoms with Gasteiger partial charge in [-0.05, 0) is 24.3 Å². The molecule has 8 heteroatoms. The molecular formula is C17H19NO5S2. The van der Waals surface area contributed by atoms with Crippen LogP contribution in [0.4, 0.5) is 0 Å². The summed E-state index contributed by atoms with van der Waals surface area (Å²) in [4.78, 5) is 0.390. The Labute approximate surface area is 147 Å². The highest BCUT2D eigenvalue weighted by atomic mass is 32.2. The highest BCUT2D eigenvalue weighted by Crippen LogP contribution is 2.18. The van der Waals surface area contributed by atoms with Crippen LogP contribution in [0.3, 0.4) is 0 Å². The molecule has 0 bridgehead atoms. The van der Waals surface area contributed by atoms with E-state index in [2.05, 4.69) is 5.16 Å². The maximum Gasteiger partial charge on any atom is 0.178 e. The minimum atomic E-state index is -3.31. The second-order valence-electron chi connectivity index (χ2n) is 5.30. The van der Waals surface area contributed by atoms with Crippen molar-refractivity contribution in [2.45, 2.75) is 23.6 Å². The van der Waals surface area contributed by atoms with Gasteiger partial charge < -0.3 is 5.21 Å². The van der Waals surface area contributed by atoms with E-state index in [-0.39, 0.29) is 27.0 Å². The van der Waals surface area contributed by atoms with Crippen LogP contribution < -0.4 is 0 Å². The third-order valence-electron chi connectivity index (χ3n) is 3.83. The van der Waals surface area contributed by atoms with Gasteiger partial charge in [-0.2, -0.15) is 0 Å². The van der Waals surface area contributed by atoms with E-state index in [9.17, 15) is 22.0 Å². The first-order valence-electron chi connectivity index (χ1n) is 7.63. The molecule has 6 nitrogen and oxygen atoms in total. The van der Waals surface area contributed by atoms with Gasteiger partial charge in [0, 0.05) is 11.1 Å². The predicted molar refractivity (Wildman–Crippen MR) is 95.8 cm³/mol. The Morgan fingerprint density at radius 2 is 1.08 bits per heavy atom. The fourth-order valence-corrected chi connectivity index (χ4v) is 4.02. The quantitative estimate of drug-likeness (QED) is 0.471. The molecule has 2 aromatic carbocycles. The van der Waals surface area contributed by atoms with Crippen molar-refractivity contribution in [2.75, 3.05) is 11.5 Å². The summed E-state index contributed by atoms with van der Waals surface area (Å²) in [5, 5.41) is 12.6. The van der Waals surface area contributed by atoms with Crippen molar-refractivity contribution in [1.82, 2.24) is 0 Å². The maximum atomic E-state index is 11.8. The summed E-state index contributed by atoms with van der Waals surface area (Å²) in [6, 6.07) is 12.0. The van der Waals surface area contributed by atoms with Crippen molar-refractivity contribution in [3.63, 3.8) is 0 Å². The summed E-state index contributed by atoms with van der Waals surface area (Å²) in [5.41, 5.74) is 1.26. The van der Waals surface area contributed by atoms with Crippen LogP contribution in [0, 0.1) is 0 Å². The number of oxime groups is 1. The standard InChI is InChI=1S/C17H19NO5S2/c1-3-24(20,21)15-9-5-13(6-10-15)17(18-19)14-7-11-16(12-8-14)25(22,23)4-2/h5-12,19H,3-4H2,1-2H3. The van der Waals surface area contributed by atoms with E-state index in [4.69, 9.17) is 0 Å². The van der Waals surface area contributed by atoms with Gasteiger partial charge in [0.1, 0.15) is 5.71 Å². The SMILES string of the molecule is CCS(=O)(=O)c1ccc(C(=NO)c2ccc(S(=O)(=O)CC)cc2)cc1. The summed E-state index contributed by atoms with van der Waals surface area (Å²) in [6.07, 6.45) is 0. The first kappa shape index (κ1) is 19.1. The summed E-state index contributed by atoms with van der Waals surface area (Å²) in [5.74, 6) is 0.00130. The molecule has 2 rings (SSSR count). The molecular weight excluding hydrogens is 362 g/mol. The smallest absolute Gasteiger partial charge is 0.178 e. The Morgan fingerprint density at radius 1 is 0.760 bits per heavy atom. The fourth-order valence-electron chi connectivity index (χ4n) is 2.26. The van der Waals surface area contributed by atoms with Crippen molar-refractivity contribution in [1.29, 1.82) is 0 Å². The molecule has 0 radical (unpaired) electrons. The van der Waals surface area contributed by atoms with E-state index in [1.165, 1.54) is 24.3 Å². The maximum absolute atomic E-state index is 11.8. The molecule has 0 spiro atoms. The Balaban J connectivity index is 2.38. The topological polar surface area (TPSA) is 101 Å². The van der Waals surface area contributed by atoms with Crippen LogP contribution in [0.2, 0.25) is 0 Å². The number of benzene rings is 2. The van der Waals surface area contributed by atoms with Crippen LogP contribution in [0.25, 0.3) is 0 Å². The lowest BCUT2D eigenvalue weighted by Gasteiger charge is -2.08. The molecule has 0 atom stereocenters. The summed E-state index contributed by atoms with van der Waals surface area (Å²) >= 11 is 0. The molecule has 0 aliphatic heterocycles. The molecule has 0 aliphatic carbocycles. The number of sulfone groups is 2. The fraction of sp³-hybridized carbons (Fsp3) is 0.235. The largest absolute Gasteiger partial charge is 0.410 e. The van der Waals surface area contributed by atoms with Crippen LogP contribution >= 0.6 is 0 Å². The zero-order valence-electron chi connectivity index (χ0n) is 13.9. The monoisotopic (exact) mass is 381 g/mol. The van der Waals surface area contributed by atoms with Crippen LogP contribution in [0.15, 0.2) is 63.5 Å². The summed E-state index contributed by atoms with van der Waals surface area (Å²) < 4.78 is 47.4. The van der Waals surface area contributed by atoms with E-state index < -0.39 is 19.7 Å². The van der Waals surface area contributed by atoms with Crippen molar-refractivity contribution in [3.8, 4) is 0 Å². The van der Waals surface area contributed by atoms with E-state index in [0.29, 0.717) is 11.1 Å². The Bertz CT molecular complexity index is 895. The van der Waals surface area contributed by atoms with Gasteiger partial charge in [-0.25, -0.2) is 16.8 Å². The molecule has 2 aromatic rings. The number of rotatable bonds is 6. The zero-order valence-corrected chi connectivity index (χ0v) is 15.5. The highest BCUT2D eigenvalue weighted by molar-refractivity contribution is 7.91.